The fraction of sp³-hybridized carbons (Fsp3) is 0.923. The van der Waals surface area contributed by atoms with Crippen LogP contribution in [0.15, 0.2) is 0 Å². The summed E-state index contributed by atoms with van der Waals surface area (Å²) in [5.41, 5.74) is 5.66. The van der Waals surface area contributed by atoms with Gasteiger partial charge in [0.2, 0.25) is 0 Å². The average Bonchev–Trinajstić information content (AvgIpc) is 2.23. The average molecular weight is 258 g/mol. The lowest BCUT2D eigenvalue weighted by atomic mass is 9.87. The van der Waals surface area contributed by atoms with Crippen LogP contribution in [0.5, 0.6) is 0 Å². The highest BCUT2D eigenvalue weighted by Crippen LogP contribution is 2.24. The van der Waals surface area contributed by atoms with E-state index < -0.39 is 0 Å². The third-order valence-electron chi connectivity index (χ3n) is 3.95. The number of aliphatic hydroxyl groups excluding tert-OH is 1. The first-order valence-corrected chi connectivity index (χ1v) is 6.94. The fourth-order valence-corrected chi connectivity index (χ4v) is 2.29. The minimum Gasteiger partial charge on any atom is -0.393 e. The van der Waals surface area contributed by atoms with Crippen molar-refractivity contribution >= 4 is 17.2 Å². The van der Waals surface area contributed by atoms with E-state index in [-0.39, 0.29) is 11.5 Å². The zero-order valence-corrected chi connectivity index (χ0v) is 12.1. The summed E-state index contributed by atoms with van der Waals surface area (Å²) in [7, 11) is 0. The van der Waals surface area contributed by atoms with Gasteiger partial charge in [-0.3, -0.25) is 0 Å². The quantitative estimate of drug-likeness (QED) is 0.738. The first kappa shape index (κ1) is 14.9. The topological polar surface area (TPSA) is 49.5 Å². The highest BCUT2D eigenvalue weighted by Gasteiger charge is 2.25. The molecule has 1 aliphatic rings. The molecule has 0 aromatic rings. The standard InChI is InChI=1S/C13H26N2OS/c1-10-5-8-15(9-11(10)16)7-4-6-13(2,3)12(14)17/h10-11,16H,4-9H2,1-3H3,(H2,14,17). The van der Waals surface area contributed by atoms with Crippen LogP contribution in [0.2, 0.25) is 0 Å². The molecule has 3 N–H and O–H groups in total. The molecule has 100 valence electrons. The first-order chi connectivity index (χ1) is 7.83. The van der Waals surface area contributed by atoms with Crippen molar-refractivity contribution in [2.24, 2.45) is 17.1 Å². The van der Waals surface area contributed by atoms with E-state index in [0.717, 1.165) is 38.9 Å². The second-order valence-electron chi connectivity index (χ2n) is 5.99. The van der Waals surface area contributed by atoms with Crippen molar-refractivity contribution in [2.75, 3.05) is 19.6 Å². The molecule has 0 aromatic heterocycles. The molecule has 3 nitrogen and oxygen atoms in total. The summed E-state index contributed by atoms with van der Waals surface area (Å²) in [4.78, 5) is 2.95. The third kappa shape index (κ3) is 4.53. The number of nitrogens with zero attached hydrogens (tertiary/aromatic N) is 1. The first-order valence-electron chi connectivity index (χ1n) is 6.53. The predicted molar refractivity (Wildman–Crippen MR) is 76.0 cm³/mol. The van der Waals surface area contributed by atoms with Gasteiger partial charge < -0.3 is 15.7 Å². The lowest BCUT2D eigenvalue weighted by Gasteiger charge is -2.34. The minimum atomic E-state index is -0.160. The van der Waals surface area contributed by atoms with E-state index in [1.165, 1.54) is 0 Å². The molecule has 1 rings (SSSR count). The van der Waals surface area contributed by atoms with Gasteiger partial charge in [0, 0.05) is 12.0 Å². The smallest absolute Gasteiger partial charge is 0.0784 e. The van der Waals surface area contributed by atoms with Gasteiger partial charge in [-0.25, -0.2) is 0 Å². The lowest BCUT2D eigenvalue weighted by molar-refractivity contribution is 0.0281. The minimum absolute atomic E-state index is 0.0446. The van der Waals surface area contributed by atoms with Crippen LogP contribution in [0.25, 0.3) is 0 Å². The Kier molecular flexibility index (Phi) is 5.35. The number of β-amino-alcohol motifs (C(OH)–C–C–N with tert-alkyl or cyclic N) is 1. The zero-order valence-electron chi connectivity index (χ0n) is 11.3. The van der Waals surface area contributed by atoms with Gasteiger partial charge in [-0.05, 0) is 38.3 Å². The van der Waals surface area contributed by atoms with Crippen LogP contribution in [0.4, 0.5) is 0 Å². The fourth-order valence-electron chi connectivity index (χ4n) is 2.19. The van der Waals surface area contributed by atoms with Gasteiger partial charge in [-0.1, -0.05) is 33.0 Å². The SMILES string of the molecule is CC1CCN(CCCC(C)(C)C(N)=S)CC1O. The largest absolute Gasteiger partial charge is 0.393 e. The molecule has 0 saturated carbocycles. The van der Waals surface area contributed by atoms with Gasteiger partial charge in [-0.2, -0.15) is 0 Å². The number of nitrogens with two attached hydrogens (primary N) is 1. The molecular weight excluding hydrogens is 232 g/mol. The van der Waals surface area contributed by atoms with Crippen LogP contribution in [-0.2, 0) is 0 Å². The Morgan fingerprint density at radius 1 is 1.53 bits per heavy atom. The maximum Gasteiger partial charge on any atom is 0.0784 e. The summed E-state index contributed by atoms with van der Waals surface area (Å²) in [5, 5.41) is 9.81. The van der Waals surface area contributed by atoms with E-state index in [1.54, 1.807) is 0 Å². The van der Waals surface area contributed by atoms with Gasteiger partial charge in [0.25, 0.3) is 0 Å². The Morgan fingerprint density at radius 2 is 2.18 bits per heavy atom. The molecule has 0 bridgehead atoms. The van der Waals surface area contributed by atoms with Crippen LogP contribution < -0.4 is 5.73 Å². The number of likely N-dealkylation sites (tertiary alicyclic amines) is 1. The molecule has 0 spiro atoms. The van der Waals surface area contributed by atoms with Crippen LogP contribution in [0.3, 0.4) is 0 Å². The molecule has 1 aliphatic heterocycles. The van der Waals surface area contributed by atoms with E-state index in [1.807, 2.05) is 0 Å². The summed E-state index contributed by atoms with van der Waals surface area (Å²) < 4.78 is 0. The Hall–Kier alpha value is -0.190. The third-order valence-corrected chi connectivity index (χ3v) is 4.50. The van der Waals surface area contributed by atoms with Gasteiger partial charge in [-0.15, -0.1) is 0 Å². The van der Waals surface area contributed by atoms with Gasteiger partial charge in [0.1, 0.15) is 0 Å². The van der Waals surface area contributed by atoms with Crippen molar-refractivity contribution in [1.82, 2.24) is 4.90 Å². The monoisotopic (exact) mass is 258 g/mol. The Balaban J connectivity index is 2.26. The molecular formula is C13H26N2OS. The molecule has 0 radical (unpaired) electrons. The van der Waals surface area contributed by atoms with E-state index >= 15 is 0 Å². The number of rotatable bonds is 5. The van der Waals surface area contributed by atoms with E-state index in [4.69, 9.17) is 18.0 Å². The lowest BCUT2D eigenvalue weighted by Crippen LogP contribution is -2.43. The van der Waals surface area contributed by atoms with E-state index in [2.05, 4.69) is 25.7 Å². The van der Waals surface area contributed by atoms with Crippen molar-refractivity contribution in [3.05, 3.63) is 0 Å². The van der Waals surface area contributed by atoms with Crippen molar-refractivity contribution in [2.45, 2.75) is 46.1 Å². The van der Waals surface area contributed by atoms with Crippen LogP contribution >= 0.6 is 12.2 Å². The maximum absolute atomic E-state index is 9.81. The number of hydrogen-bond acceptors (Lipinski definition) is 3. The van der Waals surface area contributed by atoms with Gasteiger partial charge >= 0.3 is 0 Å². The Labute approximate surface area is 110 Å². The summed E-state index contributed by atoms with van der Waals surface area (Å²) in [5.74, 6) is 0.444. The molecule has 17 heavy (non-hydrogen) atoms. The van der Waals surface area contributed by atoms with E-state index in [9.17, 15) is 5.11 Å². The molecule has 0 aliphatic carbocycles. The normalized spacial score (nSPS) is 27.1. The molecule has 0 amide bonds. The summed E-state index contributed by atoms with van der Waals surface area (Å²) in [6.45, 7) is 9.28. The zero-order chi connectivity index (χ0) is 13.1. The number of aliphatic hydroxyl groups is 1. The van der Waals surface area contributed by atoms with Crippen LogP contribution in [0, 0.1) is 11.3 Å². The molecule has 4 heteroatoms. The maximum atomic E-state index is 9.81. The summed E-state index contributed by atoms with van der Waals surface area (Å²) >= 11 is 5.06. The van der Waals surface area contributed by atoms with Crippen LogP contribution in [-0.4, -0.2) is 40.7 Å². The predicted octanol–water partition coefficient (Wildman–Crippen LogP) is 1.78. The molecule has 1 heterocycles. The number of piperidine rings is 1. The summed E-state index contributed by atoms with van der Waals surface area (Å²) in [6, 6.07) is 0. The summed E-state index contributed by atoms with van der Waals surface area (Å²) in [6.07, 6.45) is 3.04. The molecule has 2 unspecified atom stereocenters. The second kappa shape index (κ2) is 6.12. The Bertz CT molecular complexity index is 268. The molecule has 2 atom stereocenters. The highest BCUT2D eigenvalue weighted by atomic mass is 32.1. The number of thiocarbonyl (C=S) groups is 1. The van der Waals surface area contributed by atoms with Crippen molar-refractivity contribution in [3.63, 3.8) is 0 Å². The van der Waals surface area contributed by atoms with Gasteiger partial charge in [0.05, 0.1) is 11.1 Å². The Morgan fingerprint density at radius 3 is 2.71 bits per heavy atom. The molecule has 1 fully saturated rings. The van der Waals surface area contributed by atoms with Crippen molar-refractivity contribution in [1.29, 1.82) is 0 Å². The van der Waals surface area contributed by atoms with E-state index in [0.29, 0.717) is 10.9 Å². The second-order valence-corrected chi connectivity index (χ2v) is 6.43. The molecule has 1 saturated heterocycles. The highest BCUT2D eigenvalue weighted by molar-refractivity contribution is 7.80. The van der Waals surface area contributed by atoms with Crippen molar-refractivity contribution < 1.29 is 5.11 Å². The van der Waals surface area contributed by atoms with Crippen LogP contribution in [0.1, 0.15) is 40.0 Å². The molecule has 0 aromatic carbocycles. The number of hydrogen-bond donors (Lipinski definition) is 2. The van der Waals surface area contributed by atoms with Crippen molar-refractivity contribution in [3.8, 4) is 0 Å². The van der Waals surface area contributed by atoms with Gasteiger partial charge in [0.15, 0.2) is 0 Å².